The average molecular weight is 294 g/mol. The molecule has 100 valence electrons. The average Bonchev–Trinajstić information content (AvgIpc) is 2.29. The van der Waals surface area contributed by atoms with E-state index in [-0.39, 0.29) is 9.92 Å². The molecule has 0 saturated carbocycles. The molecule has 18 heavy (non-hydrogen) atoms. The number of sulfonamides is 1. The monoisotopic (exact) mass is 293 g/mol. The number of aliphatic hydroxyl groups excluding tert-OH is 1. The lowest BCUT2D eigenvalue weighted by atomic mass is 10.2. The van der Waals surface area contributed by atoms with Crippen LogP contribution >= 0.6 is 11.6 Å². The van der Waals surface area contributed by atoms with Crippen molar-refractivity contribution < 1.29 is 23.4 Å². The van der Waals surface area contributed by atoms with Gasteiger partial charge in [0.1, 0.15) is 0 Å². The van der Waals surface area contributed by atoms with Crippen molar-refractivity contribution in [3.05, 3.63) is 28.8 Å². The molecule has 0 saturated heterocycles. The minimum Gasteiger partial charge on any atom is -0.479 e. The number of halogens is 1. The van der Waals surface area contributed by atoms with E-state index in [9.17, 15) is 13.2 Å². The number of rotatable bonds is 5. The second-order valence-corrected chi connectivity index (χ2v) is 5.71. The van der Waals surface area contributed by atoms with E-state index in [4.69, 9.17) is 21.8 Å². The first-order valence-corrected chi connectivity index (χ1v) is 6.77. The Morgan fingerprint density at radius 2 is 2.11 bits per heavy atom. The van der Waals surface area contributed by atoms with Crippen LogP contribution in [0.3, 0.4) is 0 Å². The maximum atomic E-state index is 11.9. The van der Waals surface area contributed by atoms with Gasteiger partial charge in [-0.3, -0.25) is 0 Å². The molecule has 0 unspecified atom stereocenters. The Hall–Kier alpha value is -1.15. The lowest BCUT2D eigenvalue weighted by Crippen LogP contribution is -2.36. The largest absolute Gasteiger partial charge is 0.479 e. The van der Waals surface area contributed by atoms with Crippen LogP contribution in [-0.4, -0.2) is 37.2 Å². The number of hydrogen-bond donors (Lipinski definition) is 3. The van der Waals surface area contributed by atoms with E-state index in [1.165, 1.54) is 19.1 Å². The molecule has 3 N–H and O–H groups in total. The summed E-state index contributed by atoms with van der Waals surface area (Å²) >= 11 is 5.80. The lowest BCUT2D eigenvalue weighted by molar-refractivity contribution is -0.146. The van der Waals surface area contributed by atoms with Gasteiger partial charge in [0.2, 0.25) is 10.0 Å². The van der Waals surface area contributed by atoms with Crippen LogP contribution in [0.2, 0.25) is 5.02 Å². The van der Waals surface area contributed by atoms with Crippen LogP contribution in [0.1, 0.15) is 5.56 Å². The quantitative estimate of drug-likeness (QED) is 0.728. The second-order valence-electron chi connectivity index (χ2n) is 3.57. The summed E-state index contributed by atoms with van der Waals surface area (Å²) in [5.41, 5.74) is 0.358. The predicted octanol–water partition coefficient (Wildman–Crippen LogP) is 0.372. The van der Waals surface area contributed by atoms with Gasteiger partial charge >= 0.3 is 5.97 Å². The maximum Gasteiger partial charge on any atom is 0.333 e. The highest BCUT2D eigenvalue weighted by Gasteiger charge is 2.21. The normalized spacial score (nSPS) is 13.3. The zero-order valence-corrected chi connectivity index (χ0v) is 11.0. The number of carboxylic acid groups (broad SMARTS) is 1. The van der Waals surface area contributed by atoms with Crippen molar-refractivity contribution in [2.45, 2.75) is 17.9 Å². The molecule has 0 spiro atoms. The van der Waals surface area contributed by atoms with Gasteiger partial charge in [-0.05, 0) is 24.6 Å². The van der Waals surface area contributed by atoms with E-state index in [2.05, 4.69) is 0 Å². The first kappa shape index (κ1) is 14.9. The summed E-state index contributed by atoms with van der Waals surface area (Å²) in [6.07, 6.45) is -1.79. The fraction of sp³-hybridized carbons (Fsp3) is 0.300. The molecule has 0 aromatic heterocycles. The van der Waals surface area contributed by atoms with E-state index in [0.29, 0.717) is 5.56 Å². The molecule has 0 aliphatic rings. The van der Waals surface area contributed by atoms with Gasteiger partial charge in [-0.15, -0.1) is 0 Å². The SMILES string of the molecule is Cc1c(Cl)cccc1S(=O)(=O)NC[C@H](O)C(=O)O. The van der Waals surface area contributed by atoms with E-state index >= 15 is 0 Å². The van der Waals surface area contributed by atoms with Gasteiger partial charge in [0.15, 0.2) is 6.10 Å². The molecule has 6 nitrogen and oxygen atoms in total. The Morgan fingerprint density at radius 1 is 1.50 bits per heavy atom. The van der Waals surface area contributed by atoms with Crippen molar-refractivity contribution >= 4 is 27.6 Å². The minimum absolute atomic E-state index is 0.0485. The fourth-order valence-electron chi connectivity index (χ4n) is 1.23. The van der Waals surface area contributed by atoms with Crippen molar-refractivity contribution in [1.82, 2.24) is 4.72 Å². The molecule has 1 aromatic rings. The van der Waals surface area contributed by atoms with Crippen LogP contribution < -0.4 is 4.72 Å². The Morgan fingerprint density at radius 3 is 2.67 bits per heavy atom. The van der Waals surface area contributed by atoms with E-state index in [0.717, 1.165) is 0 Å². The minimum atomic E-state index is -3.90. The van der Waals surface area contributed by atoms with Gasteiger partial charge < -0.3 is 10.2 Å². The fourth-order valence-corrected chi connectivity index (χ4v) is 2.77. The van der Waals surface area contributed by atoms with Crippen molar-refractivity contribution in [3.8, 4) is 0 Å². The summed E-state index contributed by atoms with van der Waals surface area (Å²) in [6, 6.07) is 4.36. The van der Waals surface area contributed by atoms with Gasteiger partial charge in [0.25, 0.3) is 0 Å². The maximum absolute atomic E-state index is 11.9. The highest BCUT2D eigenvalue weighted by atomic mass is 35.5. The first-order valence-electron chi connectivity index (χ1n) is 4.91. The predicted molar refractivity (Wildman–Crippen MR) is 65.0 cm³/mol. The Kier molecular flexibility index (Phi) is 4.69. The summed E-state index contributed by atoms with van der Waals surface area (Å²) in [4.78, 5) is 10.3. The summed E-state index contributed by atoms with van der Waals surface area (Å²) in [7, 11) is -3.90. The van der Waals surface area contributed by atoms with Crippen LogP contribution in [-0.2, 0) is 14.8 Å². The Labute approximate surface area is 109 Å². The highest BCUT2D eigenvalue weighted by Crippen LogP contribution is 2.22. The number of aliphatic hydroxyl groups is 1. The third kappa shape index (κ3) is 3.42. The number of aliphatic carboxylic acids is 1. The first-order chi connectivity index (χ1) is 8.25. The second kappa shape index (κ2) is 5.66. The summed E-state index contributed by atoms with van der Waals surface area (Å²) < 4.78 is 25.7. The Bertz CT molecular complexity index is 557. The smallest absolute Gasteiger partial charge is 0.333 e. The zero-order valence-electron chi connectivity index (χ0n) is 9.42. The standard InChI is InChI=1S/C10H12ClNO5S/c1-6-7(11)3-2-4-9(6)18(16,17)12-5-8(13)10(14)15/h2-4,8,12-13H,5H2,1H3,(H,14,15)/t8-/m0/s1. The molecule has 1 atom stereocenters. The summed E-state index contributed by atoms with van der Waals surface area (Å²) in [5.74, 6) is -1.50. The molecule has 0 heterocycles. The van der Waals surface area contributed by atoms with Crippen molar-refractivity contribution in [2.75, 3.05) is 6.54 Å². The Balaban J connectivity index is 2.94. The van der Waals surface area contributed by atoms with Crippen LogP contribution in [0.4, 0.5) is 0 Å². The molecule has 1 aromatic carbocycles. The van der Waals surface area contributed by atoms with Crippen LogP contribution in [0.15, 0.2) is 23.1 Å². The molecule has 8 heteroatoms. The topological polar surface area (TPSA) is 104 Å². The van der Waals surface area contributed by atoms with Gasteiger partial charge in [-0.1, -0.05) is 17.7 Å². The van der Waals surface area contributed by atoms with Gasteiger partial charge in [-0.2, -0.15) is 0 Å². The molecule has 1 rings (SSSR count). The molecular weight excluding hydrogens is 282 g/mol. The number of carboxylic acids is 1. The highest BCUT2D eigenvalue weighted by molar-refractivity contribution is 7.89. The number of carbonyl (C=O) groups is 1. The van der Waals surface area contributed by atoms with E-state index in [1.807, 2.05) is 4.72 Å². The third-order valence-electron chi connectivity index (χ3n) is 2.26. The van der Waals surface area contributed by atoms with Crippen LogP contribution in [0.5, 0.6) is 0 Å². The summed E-state index contributed by atoms with van der Waals surface area (Å²) in [6.45, 7) is 0.925. The zero-order chi connectivity index (χ0) is 13.9. The number of benzene rings is 1. The van der Waals surface area contributed by atoms with Crippen molar-refractivity contribution in [1.29, 1.82) is 0 Å². The molecule has 0 bridgehead atoms. The molecule has 0 fully saturated rings. The number of hydrogen-bond acceptors (Lipinski definition) is 4. The van der Waals surface area contributed by atoms with E-state index in [1.54, 1.807) is 6.07 Å². The molecule has 0 aliphatic heterocycles. The molecule has 0 radical (unpaired) electrons. The van der Waals surface area contributed by atoms with Crippen molar-refractivity contribution in [2.24, 2.45) is 0 Å². The summed E-state index contributed by atoms with van der Waals surface area (Å²) in [5, 5.41) is 17.7. The lowest BCUT2D eigenvalue weighted by Gasteiger charge is -2.11. The number of nitrogens with one attached hydrogen (secondary N) is 1. The third-order valence-corrected chi connectivity index (χ3v) is 4.24. The van der Waals surface area contributed by atoms with Gasteiger partial charge in [-0.25, -0.2) is 17.9 Å². The van der Waals surface area contributed by atoms with Crippen LogP contribution in [0.25, 0.3) is 0 Å². The van der Waals surface area contributed by atoms with Crippen LogP contribution in [0, 0.1) is 6.92 Å². The van der Waals surface area contributed by atoms with E-state index < -0.39 is 28.6 Å². The molecule has 0 amide bonds. The molecular formula is C10H12ClNO5S. The van der Waals surface area contributed by atoms with Gasteiger partial charge in [0, 0.05) is 11.6 Å². The van der Waals surface area contributed by atoms with Gasteiger partial charge in [0.05, 0.1) is 4.90 Å². The molecule has 0 aliphatic carbocycles. The van der Waals surface area contributed by atoms with Crippen molar-refractivity contribution in [3.63, 3.8) is 0 Å².